The number of pyridine rings is 1. The van der Waals surface area contributed by atoms with Crippen LogP contribution in [0.3, 0.4) is 0 Å². The van der Waals surface area contributed by atoms with Gasteiger partial charge in [-0.15, -0.1) is 0 Å². The number of benzene rings is 2. The van der Waals surface area contributed by atoms with Crippen LogP contribution in [-0.2, 0) is 16.6 Å². The van der Waals surface area contributed by atoms with Crippen LogP contribution in [0.2, 0.25) is 0 Å². The van der Waals surface area contributed by atoms with Crippen molar-refractivity contribution in [2.24, 2.45) is 4.99 Å². The molecule has 8 nitrogen and oxygen atoms in total. The molecule has 1 aromatic heterocycles. The first-order valence-electron chi connectivity index (χ1n) is 10.6. The van der Waals surface area contributed by atoms with Crippen molar-refractivity contribution in [3.63, 3.8) is 0 Å². The number of nitrogens with two attached hydrogens (primary N) is 1. The highest BCUT2D eigenvalue weighted by molar-refractivity contribution is 7.89. The molecular weight excluding hydrogens is 438 g/mol. The number of sulfonamides is 1. The monoisotopic (exact) mass is 465 g/mol. The van der Waals surface area contributed by atoms with Crippen molar-refractivity contribution < 1.29 is 13.2 Å². The Morgan fingerprint density at radius 1 is 1.12 bits per heavy atom. The minimum atomic E-state index is -3.43. The third-order valence-corrected chi connectivity index (χ3v) is 7.78. The summed E-state index contributed by atoms with van der Waals surface area (Å²) in [4.78, 5) is 10.8. The lowest BCUT2D eigenvalue weighted by Crippen LogP contribution is -2.58. The van der Waals surface area contributed by atoms with Crippen molar-refractivity contribution in [2.45, 2.75) is 11.8 Å². The van der Waals surface area contributed by atoms with Crippen LogP contribution < -0.4 is 15.4 Å². The number of aliphatic imine (C=N–C) groups is 1. The maximum Gasteiger partial charge on any atom is 0.220 e. The van der Waals surface area contributed by atoms with Gasteiger partial charge in [-0.3, -0.25) is 4.99 Å². The largest absolute Gasteiger partial charge is 0.497 e. The Bertz CT molecular complexity index is 1220. The van der Waals surface area contributed by atoms with Crippen molar-refractivity contribution >= 4 is 33.6 Å². The van der Waals surface area contributed by atoms with Gasteiger partial charge in [0.05, 0.1) is 12.8 Å². The fraction of sp³-hybridized carbons (Fsp3) is 0.250. The molecule has 0 spiro atoms. The van der Waals surface area contributed by atoms with E-state index < -0.39 is 15.3 Å². The molecule has 0 atom stereocenters. The molecule has 3 aromatic rings. The maximum atomic E-state index is 13.0. The first-order chi connectivity index (χ1) is 15.9. The van der Waals surface area contributed by atoms with Gasteiger partial charge in [-0.25, -0.2) is 17.7 Å². The normalized spacial score (nSPS) is 14.6. The summed E-state index contributed by atoms with van der Waals surface area (Å²) in [5.74, 6) is 1.76. The lowest BCUT2D eigenvalue weighted by Gasteiger charge is -2.41. The van der Waals surface area contributed by atoms with Crippen LogP contribution in [0.4, 0.5) is 17.3 Å². The highest BCUT2D eigenvalue weighted by atomic mass is 32.2. The first-order valence-corrected chi connectivity index (χ1v) is 12.1. The van der Waals surface area contributed by atoms with E-state index in [9.17, 15) is 8.42 Å². The Kier molecular flexibility index (Phi) is 6.62. The number of hydrogen-bond acceptors (Lipinski definition) is 7. The molecule has 9 heteroatoms. The molecule has 0 aliphatic carbocycles. The number of nitrogen functional groups attached to an aromatic ring is 1. The van der Waals surface area contributed by atoms with E-state index in [0.717, 1.165) is 17.0 Å². The molecule has 0 bridgehead atoms. The van der Waals surface area contributed by atoms with Crippen molar-refractivity contribution in [3.8, 4) is 5.75 Å². The Balaban J connectivity index is 1.36. The number of aromatic nitrogens is 1. The molecule has 2 aromatic carbocycles. The van der Waals surface area contributed by atoms with Crippen molar-refractivity contribution in [2.75, 3.05) is 37.9 Å². The van der Waals surface area contributed by atoms with Gasteiger partial charge >= 0.3 is 0 Å². The molecule has 1 aliphatic heterocycles. The topological polar surface area (TPSA) is 101 Å². The lowest BCUT2D eigenvalue weighted by atomic mass is 10.2. The molecule has 0 radical (unpaired) electrons. The third-order valence-electron chi connectivity index (χ3n) is 5.64. The van der Waals surface area contributed by atoms with Crippen LogP contribution in [-0.4, -0.2) is 56.4 Å². The average molecular weight is 466 g/mol. The highest BCUT2D eigenvalue weighted by Gasteiger charge is 2.40. The molecule has 33 heavy (non-hydrogen) atoms. The van der Waals surface area contributed by atoms with Gasteiger partial charge in [-0.05, 0) is 42.0 Å². The number of para-hydroxylation sites is 1. The van der Waals surface area contributed by atoms with Gasteiger partial charge < -0.3 is 15.4 Å². The molecule has 4 rings (SSSR count). The minimum absolute atomic E-state index is 0.309. The fourth-order valence-electron chi connectivity index (χ4n) is 3.56. The van der Waals surface area contributed by atoms with Crippen molar-refractivity contribution in [1.29, 1.82) is 0 Å². The Hall–Kier alpha value is -3.43. The molecule has 1 saturated heterocycles. The smallest absolute Gasteiger partial charge is 0.220 e. The standard InChI is InChI=1S/C24H27N5O3S/c1-28(15-18-8-11-21(32-2)12-9-18)33(30,31)22-16-29(17-22)23-13-10-19(24(25)27-23)14-26-20-6-4-3-5-7-20/h3-14,22H,15-17H2,1-2H3,(H2,25,27). The molecular formula is C24H27N5O3S. The minimum Gasteiger partial charge on any atom is -0.497 e. The van der Waals surface area contributed by atoms with E-state index in [4.69, 9.17) is 10.5 Å². The number of ether oxygens (including phenoxy) is 1. The zero-order valence-corrected chi connectivity index (χ0v) is 19.4. The number of methoxy groups -OCH3 is 1. The van der Waals surface area contributed by atoms with E-state index in [1.165, 1.54) is 4.31 Å². The lowest BCUT2D eigenvalue weighted by molar-refractivity contribution is 0.414. The number of hydrogen-bond donors (Lipinski definition) is 1. The second kappa shape index (κ2) is 9.60. The van der Waals surface area contributed by atoms with E-state index in [1.807, 2.05) is 71.6 Å². The molecule has 0 saturated carbocycles. The molecule has 2 heterocycles. The van der Waals surface area contributed by atoms with E-state index in [-0.39, 0.29) is 0 Å². The molecule has 0 amide bonds. The van der Waals surface area contributed by atoms with Crippen LogP contribution in [0.25, 0.3) is 0 Å². The second-order valence-electron chi connectivity index (χ2n) is 7.91. The predicted octanol–water partition coefficient (Wildman–Crippen LogP) is 3.07. The van der Waals surface area contributed by atoms with Gasteiger partial charge in [-0.1, -0.05) is 30.3 Å². The summed E-state index contributed by atoms with van der Waals surface area (Å²) in [5, 5.41) is -0.483. The third kappa shape index (κ3) is 5.15. The summed E-state index contributed by atoms with van der Waals surface area (Å²) in [6.45, 7) is 1.06. The van der Waals surface area contributed by atoms with Crippen molar-refractivity contribution in [3.05, 3.63) is 77.9 Å². The van der Waals surface area contributed by atoms with E-state index in [0.29, 0.717) is 36.8 Å². The Morgan fingerprint density at radius 2 is 1.82 bits per heavy atom. The van der Waals surface area contributed by atoms with Crippen LogP contribution in [0.5, 0.6) is 5.75 Å². The van der Waals surface area contributed by atoms with E-state index >= 15 is 0 Å². The second-order valence-corrected chi connectivity index (χ2v) is 10.2. The molecule has 172 valence electrons. The van der Waals surface area contributed by atoms with Gasteiger partial charge in [-0.2, -0.15) is 0 Å². The van der Waals surface area contributed by atoms with Crippen molar-refractivity contribution in [1.82, 2.24) is 9.29 Å². The number of rotatable bonds is 8. The van der Waals surface area contributed by atoms with Crippen LogP contribution in [0, 0.1) is 0 Å². The predicted molar refractivity (Wildman–Crippen MR) is 132 cm³/mol. The summed E-state index contributed by atoms with van der Waals surface area (Å²) in [6, 6.07) is 20.6. The van der Waals surface area contributed by atoms with E-state index in [1.54, 1.807) is 20.4 Å². The summed E-state index contributed by atoms with van der Waals surface area (Å²) in [6.07, 6.45) is 1.68. The summed E-state index contributed by atoms with van der Waals surface area (Å²) < 4.78 is 32.5. The Labute approximate surface area is 194 Å². The molecule has 2 N–H and O–H groups in total. The zero-order valence-electron chi connectivity index (χ0n) is 18.6. The van der Waals surface area contributed by atoms with Gasteiger partial charge in [0.1, 0.15) is 22.6 Å². The van der Waals surface area contributed by atoms with Crippen LogP contribution in [0.15, 0.2) is 71.7 Å². The summed E-state index contributed by atoms with van der Waals surface area (Å²) >= 11 is 0. The van der Waals surface area contributed by atoms with Crippen LogP contribution >= 0.6 is 0 Å². The molecule has 1 aliphatic rings. The number of anilines is 2. The summed E-state index contributed by atoms with van der Waals surface area (Å²) in [7, 11) is -0.224. The van der Waals surface area contributed by atoms with Crippen LogP contribution in [0.1, 0.15) is 11.1 Å². The summed E-state index contributed by atoms with van der Waals surface area (Å²) in [5.41, 5.74) is 8.56. The quantitative estimate of drug-likeness (QED) is 0.513. The molecule has 0 unspecified atom stereocenters. The van der Waals surface area contributed by atoms with E-state index in [2.05, 4.69) is 9.98 Å². The first kappa shape index (κ1) is 22.8. The number of nitrogens with zero attached hydrogens (tertiary/aromatic N) is 4. The Morgan fingerprint density at radius 3 is 2.45 bits per heavy atom. The highest BCUT2D eigenvalue weighted by Crippen LogP contribution is 2.27. The van der Waals surface area contributed by atoms with Gasteiger partial charge in [0.25, 0.3) is 0 Å². The zero-order chi connectivity index (χ0) is 23.4. The van der Waals surface area contributed by atoms with Gasteiger partial charge in [0.15, 0.2) is 0 Å². The average Bonchev–Trinajstić information content (AvgIpc) is 2.78. The SMILES string of the molecule is COc1ccc(CN(C)S(=O)(=O)C2CN(c3ccc(C=Nc4ccccc4)c(N)n3)C2)cc1. The maximum absolute atomic E-state index is 13.0. The van der Waals surface area contributed by atoms with Gasteiger partial charge in [0.2, 0.25) is 10.0 Å². The fourth-order valence-corrected chi connectivity index (χ4v) is 5.14. The molecule has 1 fully saturated rings. The van der Waals surface area contributed by atoms with Gasteiger partial charge in [0, 0.05) is 38.5 Å².